The smallest absolute Gasteiger partial charge is 0.364 e. The van der Waals surface area contributed by atoms with E-state index in [-0.39, 0.29) is 18.3 Å². The summed E-state index contributed by atoms with van der Waals surface area (Å²) in [5.41, 5.74) is 0. The van der Waals surface area contributed by atoms with E-state index in [4.69, 9.17) is 4.52 Å². The van der Waals surface area contributed by atoms with Gasteiger partial charge in [0.2, 0.25) is 5.89 Å². The predicted molar refractivity (Wildman–Crippen MR) is 64.1 cm³/mol. The zero-order valence-corrected chi connectivity index (χ0v) is 11.2. The van der Waals surface area contributed by atoms with Crippen LogP contribution >= 0.6 is 0 Å². The Bertz CT molecular complexity index is 414. The minimum atomic E-state index is -4.34. The van der Waals surface area contributed by atoms with Gasteiger partial charge in [-0.3, -0.25) is 0 Å². The molecule has 1 aliphatic rings. The summed E-state index contributed by atoms with van der Waals surface area (Å²) in [7, 11) is 1.94. The van der Waals surface area contributed by atoms with Gasteiger partial charge in [-0.25, -0.2) is 0 Å². The third-order valence-corrected chi connectivity index (χ3v) is 3.47. The average Bonchev–Trinajstić information content (AvgIpc) is 2.86. The highest BCUT2D eigenvalue weighted by atomic mass is 19.4. The van der Waals surface area contributed by atoms with Crippen molar-refractivity contribution in [2.45, 2.75) is 50.4 Å². The lowest BCUT2D eigenvalue weighted by molar-refractivity contribution is -0.177. The topological polar surface area (TPSA) is 60.2 Å². The summed E-state index contributed by atoms with van der Waals surface area (Å²) in [5.74, 6) is 0.869. The molecule has 0 spiro atoms. The molecule has 0 bridgehead atoms. The maximum absolute atomic E-state index is 11.9. The molecule has 0 aromatic carbocycles. The van der Waals surface area contributed by atoms with Gasteiger partial charge in [0.1, 0.15) is 13.2 Å². The molecule has 1 aromatic rings. The van der Waals surface area contributed by atoms with Gasteiger partial charge in [0.25, 0.3) is 0 Å². The Kier molecular flexibility index (Phi) is 4.98. The van der Waals surface area contributed by atoms with Crippen molar-refractivity contribution in [3.63, 3.8) is 0 Å². The Morgan fingerprint density at radius 2 is 2.00 bits per heavy atom. The summed E-state index contributed by atoms with van der Waals surface area (Å²) in [6.45, 7) is -1.58. The first-order valence-electron chi connectivity index (χ1n) is 6.62. The molecule has 8 heteroatoms. The second-order valence-corrected chi connectivity index (χ2v) is 4.99. The van der Waals surface area contributed by atoms with Crippen LogP contribution in [0.15, 0.2) is 4.52 Å². The minimum absolute atomic E-state index is 0.167. The number of ether oxygens (including phenoxy) is 1. The SMILES string of the molecule is CNC1CCC(c2nc(COCC(F)(F)F)no2)CC1. The third kappa shape index (κ3) is 4.45. The first-order chi connectivity index (χ1) is 9.48. The van der Waals surface area contributed by atoms with E-state index in [9.17, 15) is 13.2 Å². The van der Waals surface area contributed by atoms with Gasteiger partial charge in [-0.2, -0.15) is 18.2 Å². The quantitative estimate of drug-likeness (QED) is 0.903. The van der Waals surface area contributed by atoms with Gasteiger partial charge in [-0.15, -0.1) is 0 Å². The monoisotopic (exact) mass is 293 g/mol. The molecule has 1 aliphatic carbocycles. The molecule has 1 fully saturated rings. The van der Waals surface area contributed by atoms with E-state index in [2.05, 4.69) is 20.2 Å². The van der Waals surface area contributed by atoms with E-state index < -0.39 is 12.8 Å². The van der Waals surface area contributed by atoms with E-state index in [0.717, 1.165) is 25.7 Å². The first kappa shape index (κ1) is 15.2. The van der Waals surface area contributed by atoms with Gasteiger partial charge in [0.15, 0.2) is 5.82 Å². The largest absolute Gasteiger partial charge is 0.411 e. The summed E-state index contributed by atoms with van der Waals surface area (Å²) in [6.07, 6.45) is -0.391. The van der Waals surface area contributed by atoms with Crippen LogP contribution in [-0.2, 0) is 11.3 Å². The van der Waals surface area contributed by atoms with Crippen LogP contribution in [0, 0.1) is 0 Å². The summed E-state index contributed by atoms with van der Waals surface area (Å²) in [4.78, 5) is 4.11. The lowest BCUT2D eigenvalue weighted by Gasteiger charge is -2.25. The second kappa shape index (κ2) is 6.53. The number of nitrogens with one attached hydrogen (secondary N) is 1. The molecular formula is C12H18F3N3O2. The highest BCUT2D eigenvalue weighted by molar-refractivity contribution is 4.96. The van der Waals surface area contributed by atoms with Crippen molar-refractivity contribution in [3.8, 4) is 0 Å². The molecule has 1 saturated carbocycles. The zero-order valence-electron chi connectivity index (χ0n) is 11.2. The Labute approximate surface area is 114 Å². The molecule has 20 heavy (non-hydrogen) atoms. The van der Waals surface area contributed by atoms with E-state index in [1.165, 1.54) is 0 Å². The number of aromatic nitrogens is 2. The van der Waals surface area contributed by atoms with Crippen LogP contribution in [-0.4, -0.2) is 36.0 Å². The number of rotatable bonds is 5. The van der Waals surface area contributed by atoms with Gasteiger partial charge in [0.05, 0.1) is 0 Å². The van der Waals surface area contributed by atoms with Gasteiger partial charge in [-0.1, -0.05) is 5.16 Å². The Morgan fingerprint density at radius 1 is 1.30 bits per heavy atom. The van der Waals surface area contributed by atoms with Crippen molar-refractivity contribution >= 4 is 0 Å². The number of alkyl halides is 3. The molecule has 114 valence electrons. The highest BCUT2D eigenvalue weighted by Gasteiger charge is 2.28. The van der Waals surface area contributed by atoms with E-state index in [1.807, 2.05) is 7.05 Å². The molecule has 1 N–H and O–H groups in total. The Hall–Kier alpha value is -1.15. The summed E-state index contributed by atoms with van der Waals surface area (Å²) in [5, 5.41) is 6.89. The first-order valence-corrected chi connectivity index (χ1v) is 6.62. The van der Waals surface area contributed by atoms with Crippen LogP contribution in [0.1, 0.15) is 43.3 Å². The van der Waals surface area contributed by atoms with E-state index in [0.29, 0.717) is 11.9 Å². The molecule has 2 rings (SSSR count). The molecule has 0 unspecified atom stereocenters. The molecule has 0 radical (unpaired) electrons. The van der Waals surface area contributed by atoms with Crippen molar-refractivity contribution in [2.24, 2.45) is 0 Å². The van der Waals surface area contributed by atoms with E-state index in [1.54, 1.807) is 0 Å². The van der Waals surface area contributed by atoms with Gasteiger partial charge < -0.3 is 14.6 Å². The number of nitrogens with zero attached hydrogens (tertiary/aromatic N) is 2. The van der Waals surface area contributed by atoms with Gasteiger partial charge in [-0.05, 0) is 32.7 Å². The molecule has 0 aliphatic heterocycles. The summed E-state index contributed by atoms with van der Waals surface area (Å²) < 4.78 is 45.4. The lowest BCUT2D eigenvalue weighted by atomic mass is 9.86. The zero-order chi connectivity index (χ0) is 14.6. The van der Waals surface area contributed by atoms with Crippen molar-refractivity contribution in [2.75, 3.05) is 13.7 Å². The maximum Gasteiger partial charge on any atom is 0.411 e. The van der Waals surface area contributed by atoms with Crippen LogP contribution in [0.2, 0.25) is 0 Å². The van der Waals surface area contributed by atoms with Crippen LogP contribution in [0.3, 0.4) is 0 Å². The van der Waals surface area contributed by atoms with Crippen LogP contribution in [0.25, 0.3) is 0 Å². The number of hydrogen-bond donors (Lipinski definition) is 1. The number of hydrogen-bond acceptors (Lipinski definition) is 5. The molecule has 0 saturated heterocycles. The molecule has 0 amide bonds. The fourth-order valence-corrected chi connectivity index (χ4v) is 2.38. The average molecular weight is 293 g/mol. The van der Waals surface area contributed by atoms with Crippen molar-refractivity contribution < 1.29 is 22.4 Å². The lowest BCUT2D eigenvalue weighted by Crippen LogP contribution is -2.29. The highest BCUT2D eigenvalue weighted by Crippen LogP contribution is 2.31. The van der Waals surface area contributed by atoms with Crippen molar-refractivity contribution in [1.29, 1.82) is 0 Å². The summed E-state index contributed by atoms with van der Waals surface area (Å²) in [6, 6.07) is 0.517. The van der Waals surface area contributed by atoms with Crippen LogP contribution < -0.4 is 5.32 Å². The molecule has 0 atom stereocenters. The van der Waals surface area contributed by atoms with Crippen LogP contribution in [0.5, 0.6) is 0 Å². The second-order valence-electron chi connectivity index (χ2n) is 4.99. The van der Waals surface area contributed by atoms with Gasteiger partial charge >= 0.3 is 6.18 Å². The standard InChI is InChI=1S/C12H18F3N3O2/c1-16-9-4-2-8(3-5-9)11-17-10(18-20-11)6-19-7-12(13,14)15/h8-9,16H,2-7H2,1H3. The van der Waals surface area contributed by atoms with E-state index >= 15 is 0 Å². The maximum atomic E-state index is 11.9. The molecule has 1 heterocycles. The molecule has 1 aromatic heterocycles. The van der Waals surface area contributed by atoms with Gasteiger partial charge in [0, 0.05) is 12.0 Å². The third-order valence-electron chi connectivity index (χ3n) is 3.47. The molecule has 5 nitrogen and oxygen atoms in total. The Morgan fingerprint density at radius 3 is 2.60 bits per heavy atom. The van der Waals surface area contributed by atoms with Crippen molar-refractivity contribution in [1.82, 2.24) is 15.5 Å². The molecular weight excluding hydrogens is 275 g/mol. The predicted octanol–water partition coefficient (Wildman–Crippen LogP) is 2.39. The summed E-state index contributed by atoms with van der Waals surface area (Å²) >= 11 is 0. The normalized spacial score (nSPS) is 24.0. The van der Waals surface area contributed by atoms with Crippen molar-refractivity contribution in [3.05, 3.63) is 11.7 Å². The fourth-order valence-electron chi connectivity index (χ4n) is 2.38. The number of halogens is 3. The fraction of sp³-hybridized carbons (Fsp3) is 0.833. The minimum Gasteiger partial charge on any atom is -0.364 e. The Balaban J connectivity index is 1.80. The van der Waals surface area contributed by atoms with Crippen LogP contribution in [0.4, 0.5) is 13.2 Å².